The number of aromatic nitrogens is 3. The summed E-state index contributed by atoms with van der Waals surface area (Å²) in [7, 11) is 0. The van der Waals surface area contributed by atoms with E-state index in [2.05, 4.69) is 25.8 Å². The maximum Gasteiger partial charge on any atom is 0.259 e. The zero-order valence-corrected chi connectivity index (χ0v) is 14.6. The van der Waals surface area contributed by atoms with Gasteiger partial charge in [-0.3, -0.25) is 10.1 Å². The minimum atomic E-state index is -0.278. The summed E-state index contributed by atoms with van der Waals surface area (Å²) in [5, 5.41) is 13.8. The van der Waals surface area contributed by atoms with Crippen molar-refractivity contribution in [2.75, 3.05) is 17.2 Å². The normalized spacial score (nSPS) is 14.7. The first-order chi connectivity index (χ1) is 12.6. The van der Waals surface area contributed by atoms with E-state index in [1.807, 2.05) is 6.07 Å². The van der Waals surface area contributed by atoms with Crippen molar-refractivity contribution in [3.63, 3.8) is 0 Å². The molecule has 132 valence electrons. The number of halogens is 1. The Bertz CT molecular complexity index is 910. The molecule has 1 saturated carbocycles. The lowest BCUT2D eigenvalue weighted by molar-refractivity contribution is 0.102. The fraction of sp³-hybridized carbons (Fsp3) is 0.222. The van der Waals surface area contributed by atoms with Gasteiger partial charge in [0.15, 0.2) is 0 Å². The highest BCUT2D eigenvalue weighted by molar-refractivity contribution is 7.13. The summed E-state index contributed by atoms with van der Waals surface area (Å²) < 4.78 is 13.5. The van der Waals surface area contributed by atoms with Gasteiger partial charge in [-0.15, -0.1) is 10.2 Å². The Hall–Kier alpha value is -2.87. The molecule has 0 radical (unpaired) electrons. The molecule has 1 aromatic carbocycles. The van der Waals surface area contributed by atoms with Crippen molar-refractivity contribution in [3.05, 3.63) is 65.0 Å². The lowest BCUT2D eigenvalue weighted by Crippen LogP contribution is -2.20. The molecular weight excluding hydrogens is 353 g/mol. The van der Waals surface area contributed by atoms with Crippen molar-refractivity contribution in [1.82, 2.24) is 15.2 Å². The van der Waals surface area contributed by atoms with E-state index in [0.29, 0.717) is 23.1 Å². The van der Waals surface area contributed by atoms with Gasteiger partial charge >= 0.3 is 0 Å². The molecule has 1 amide bonds. The second kappa shape index (κ2) is 6.80. The third-order valence-electron chi connectivity index (χ3n) is 4.50. The topological polar surface area (TPSA) is 79.8 Å². The minimum absolute atomic E-state index is 0.0301. The van der Waals surface area contributed by atoms with E-state index < -0.39 is 0 Å². The zero-order chi connectivity index (χ0) is 18.0. The van der Waals surface area contributed by atoms with Crippen molar-refractivity contribution in [1.29, 1.82) is 0 Å². The number of nitrogens with one attached hydrogen (secondary N) is 2. The van der Waals surface area contributed by atoms with E-state index in [4.69, 9.17) is 0 Å². The number of hydrogen-bond donors (Lipinski definition) is 2. The van der Waals surface area contributed by atoms with E-state index in [1.165, 1.54) is 23.6 Å². The molecule has 2 N–H and O–H groups in total. The van der Waals surface area contributed by atoms with Gasteiger partial charge in [0.05, 0.1) is 5.56 Å². The van der Waals surface area contributed by atoms with Crippen LogP contribution in [0.4, 0.5) is 15.3 Å². The Morgan fingerprint density at radius 3 is 2.81 bits per heavy atom. The average molecular weight is 369 g/mol. The summed E-state index contributed by atoms with van der Waals surface area (Å²) in [5.74, 6) is 0.192. The van der Waals surface area contributed by atoms with E-state index in [1.54, 1.807) is 29.8 Å². The van der Waals surface area contributed by atoms with Gasteiger partial charge in [-0.05, 0) is 42.7 Å². The molecule has 1 fully saturated rings. The quantitative estimate of drug-likeness (QED) is 0.695. The van der Waals surface area contributed by atoms with Crippen molar-refractivity contribution in [2.24, 2.45) is 0 Å². The number of anilines is 2. The van der Waals surface area contributed by atoms with Crippen LogP contribution in [0.5, 0.6) is 0 Å². The summed E-state index contributed by atoms with van der Waals surface area (Å²) in [6.07, 6.45) is 3.55. The Kier molecular flexibility index (Phi) is 4.34. The van der Waals surface area contributed by atoms with Crippen LogP contribution in [-0.2, 0) is 5.41 Å². The number of carbonyl (C=O) groups is 1. The largest absolute Gasteiger partial charge is 0.369 e. The molecule has 2 aromatic heterocycles. The van der Waals surface area contributed by atoms with Crippen LogP contribution >= 0.6 is 11.3 Å². The highest BCUT2D eigenvalue weighted by atomic mass is 32.1. The van der Waals surface area contributed by atoms with Crippen molar-refractivity contribution in [2.45, 2.75) is 18.3 Å². The predicted octanol–water partition coefficient (Wildman–Crippen LogP) is 3.47. The molecular formula is C18H16FN5OS. The van der Waals surface area contributed by atoms with Crippen LogP contribution < -0.4 is 10.6 Å². The second-order valence-electron chi connectivity index (χ2n) is 6.27. The van der Waals surface area contributed by atoms with Crippen LogP contribution in [0.3, 0.4) is 0 Å². The fourth-order valence-corrected chi connectivity index (χ4v) is 3.27. The van der Waals surface area contributed by atoms with Gasteiger partial charge in [0.1, 0.15) is 17.1 Å². The van der Waals surface area contributed by atoms with Crippen LogP contribution in [0.2, 0.25) is 0 Å². The first kappa shape index (κ1) is 16.6. The third kappa shape index (κ3) is 3.55. The smallest absolute Gasteiger partial charge is 0.259 e. The molecule has 8 heteroatoms. The van der Waals surface area contributed by atoms with Crippen LogP contribution in [0, 0.1) is 5.82 Å². The molecule has 4 rings (SSSR count). The SMILES string of the molecule is O=C(Nc1nncs1)c1ccc(NCC2(c3cccc(F)c3)CC2)nc1. The van der Waals surface area contributed by atoms with E-state index in [9.17, 15) is 9.18 Å². The first-order valence-electron chi connectivity index (χ1n) is 8.18. The van der Waals surface area contributed by atoms with Gasteiger partial charge in [-0.2, -0.15) is 0 Å². The highest BCUT2D eigenvalue weighted by Gasteiger charge is 2.44. The summed E-state index contributed by atoms with van der Waals surface area (Å²) in [5.41, 5.74) is 2.97. The summed E-state index contributed by atoms with van der Waals surface area (Å²) >= 11 is 1.25. The lowest BCUT2D eigenvalue weighted by atomic mass is 9.96. The second-order valence-corrected chi connectivity index (χ2v) is 7.11. The Morgan fingerprint density at radius 1 is 1.27 bits per heavy atom. The standard InChI is InChI=1S/C18H16FN5OS/c19-14-3-1-2-13(8-14)18(6-7-18)10-21-15-5-4-12(9-20-15)16(25)23-17-24-22-11-26-17/h1-5,8-9,11H,6-7,10H2,(H,20,21)(H,23,24,25). The summed E-state index contributed by atoms with van der Waals surface area (Å²) in [6.45, 7) is 0.680. The van der Waals surface area contributed by atoms with Gasteiger partial charge in [-0.1, -0.05) is 23.5 Å². The fourth-order valence-electron chi connectivity index (χ4n) is 2.83. The molecule has 0 unspecified atom stereocenters. The molecule has 1 aliphatic carbocycles. The van der Waals surface area contributed by atoms with Crippen LogP contribution in [0.1, 0.15) is 28.8 Å². The summed E-state index contributed by atoms with van der Waals surface area (Å²) in [4.78, 5) is 16.4. The van der Waals surface area contributed by atoms with E-state index in [0.717, 1.165) is 18.4 Å². The van der Waals surface area contributed by atoms with Gasteiger partial charge in [0, 0.05) is 18.2 Å². The molecule has 6 nitrogen and oxygen atoms in total. The molecule has 0 saturated heterocycles. The number of nitrogens with zero attached hydrogens (tertiary/aromatic N) is 3. The predicted molar refractivity (Wildman–Crippen MR) is 97.9 cm³/mol. The molecule has 3 aromatic rings. The first-order valence-corrected chi connectivity index (χ1v) is 9.06. The number of carbonyl (C=O) groups excluding carboxylic acids is 1. The molecule has 1 aliphatic rings. The summed E-state index contributed by atoms with van der Waals surface area (Å²) in [6, 6.07) is 10.2. The van der Waals surface area contributed by atoms with E-state index >= 15 is 0 Å². The van der Waals surface area contributed by atoms with Crippen molar-refractivity contribution >= 4 is 28.2 Å². The number of hydrogen-bond acceptors (Lipinski definition) is 6. The monoisotopic (exact) mass is 369 g/mol. The maximum absolute atomic E-state index is 13.5. The maximum atomic E-state index is 13.5. The van der Waals surface area contributed by atoms with Crippen molar-refractivity contribution in [3.8, 4) is 0 Å². The van der Waals surface area contributed by atoms with Crippen molar-refractivity contribution < 1.29 is 9.18 Å². The number of amides is 1. The third-order valence-corrected chi connectivity index (χ3v) is 5.11. The average Bonchev–Trinajstić information content (AvgIpc) is 3.29. The van der Waals surface area contributed by atoms with Crippen LogP contribution in [-0.4, -0.2) is 27.6 Å². The van der Waals surface area contributed by atoms with Crippen LogP contribution in [0.25, 0.3) is 0 Å². The van der Waals surface area contributed by atoms with Gasteiger partial charge in [0.2, 0.25) is 5.13 Å². The number of benzene rings is 1. The molecule has 0 spiro atoms. The van der Waals surface area contributed by atoms with E-state index in [-0.39, 0.29) is 17.1 Å². The number of rotatable bonds is 6. The Labute approximate surface area is 153 Å². The van der Waals surface area contributed by atoms with Gasteiger partial charge in [0.25, 0.3) is 5.91 Å². The van der Waals surface area contributed by atoms with Gasteiger partial charge in [-0.25, -0.2) is 9.37 Å². The lowest BCUT2D eigenvalue weighted by Gasteiger charge is -2.17. The highest BCUT2D eigenvalue weighted by Crippen LogP contribution is 2.48. The Morgan fingerprint density at radius 2 is 2.15 bits per heavy atom. The minimum Gasteiger partial charge on any atom is -0.369 e. The zero-order valence-electron chi connectivity index (χ0n) is 13.8. The van der Waals surface area contributed by atoms with Gasteiger partial charge < -0.3 is 5.32 Å². The Balaban J connectivity index is 1.38. The molecule has 2 heterocycles. The van der Waals surface area contributed by atoms with Crippen LogP contribution in [0.15, 0.2) is 48.1 Å². The molecule has 26 heavy (non-hydrogen) atoms. The molecule has 0 bridgehead atoms. The molecule has 0 aliphatic heterocycles. The number of pyridine rings is 1. The molecule has 0 atom stereocenters.